The SMILES string of the molecule is Cc1cnc(Cl)nc1Nc1ccc(Cl)c(S(=O)(=O)NC2(C)CC2)c1. The lowest BCUT2D eigenvalue weighted by atomic mass is 10.3. The van der Waals surface area contributed by atoms with Crippen LogP contribution in [0.5, 0.6) is 0 Å². The van der Waals surface area contributed by atoms with E-state index >= 15 is 0 Å². The summed E-state index contributed by atoms with van der Waals surface area (Å²) >= 11 is 11.9. The van der Waals surface area contributed by atoms with Crippen molar-refractivity contribution in [2.45, 2.75) is 37.1 Å². The standard InChI is InChI=1S/C15H16Cl2N4O2S/c1-9-8-18-14(17)20-13(9)19-10-3-4-11(16)12(7-10)24(22,23)21-15(2)5-6-15/h3-4,7-8,21H,5-6H2,1-2H3,(H,18,19,20). The van der Waals surface area contributed by atoms with Crippen LogP contribution in [0.1, 0.15) is 25.3 Å². The van der Waals surface area contributed by atoms with Gasteiger partial charge in [0.25, 0.3) is 0 Å². The van der Waals surface area contributed by atoms with Crippen molar-refractivity contribution >= 4 is 44.7 Å². The second-order valence-corrected chi connectivity index (χ2v) is 8.50. The molecule has 0 atom stereocenters. The number of benzene rings is 1. The van der Waals surface area contributed by atoms with Crippen molar-refractivity contribution in [3.05, 3.63) is 40.3 Å². The first-order valence-electron chi connectivity index (χ1n) is 7.28. The Hall–Kier alpha value is -1.41. The van der Waals surface area contributed by atoms with Crippen LogP contribution in [0.3, 0.4) is 0 Å². The molecule has 0 aliphatic heterocycles. The Kier molecular flexibility index (Phi) is 4.46. The van der Waals surface area contributed by atoms with Gasteiger partial charge in [0.15, 0.2) is 0 Å². The van der Waals surface area contributed by atoms with Crippen molar-refractivity contribution in [2.24, 2.45) is 0 Å². The summed E-state index contributed by atoms with van der Waals surface area (Å²) in [7, 11) is -3.70. The number of hydrogen-bond donors (Lipinski definition) is 2. The number of anilines is 2. The highest BCUT2D eigenvalue weighted by Crippen LogP contribution is 2.37. The van der Waals surface area contributed by atoms with Crippen molar-refractivity contribution in [2.75, 3.05) is 5.32 Å². The first kappa shape index (κ1) is 17.4. The van der Waals surface area contributed by atoms with Gasteiger partial charge in [-0.25, -0.2) is 23.1 Å². The summed E-state index contributed by atoms with van der Waals surface area (Å²) < 4.78 is 27.8. The van der Waals surface area contributed by atoms with E-state index in [0.717, 1.165) is 18.4 Å². The molecule has 0 bridgehead atoms. The molecule has 24 heavy (non-hydrogen) atoms. The number of rotatable bonds is 5. The lowest BCUT2D eigenvalue weighted by Crippen LogP contribution is -2.34. The molecule has 1 aromatic heterocycles. The molecule has 128 valence electrons. The fraction of sp³-hybridized carbons (Fsp3) is 0.333. The zero-order chi connectivity index (χ0) is 17.5. The number of aryl methyl sites for hydroxylation is 1. The molecule has 1 saturated carbocycles. The molecule has 0 unspecified atom stereocenters. The van der Waals surface area contributed by atoms with E-state index in [9.17, 15) is 8.42 Å². The van der Waals surface area contributed by atoms with E-state index in [0.29, 0.717) is 11.5 Å². The Balaban J connectivity index is 1.93. The Morgan fingerprint density at radius 1 is 1.25 bits per heavy atom. The summed E-state index contributed by atoms with van der Waals surface area (Å²) in [6, 6.07) is 4.69. The highest BCUT2D eigenvalue weighted by atomic mass is 35.5. The van der Waals surface area contributed by atoms with Crippen LogP contribution in [-0.2, 0) is 10.0 Å². The molecule has 0 amide bonds. The molecule has 0 radical (unpaired) electrons. The van der Waals surface area contributed by atoms with Crippen LogP contribution in [0.15, 0.2) is 29.3 Å². The summed E-state index contributed by atoms with van der Waals surface area (Å²) in [4.78, 5) is 8.01. The van der Waals surface area contributed by atoms with Crippen molar-refractivity contribution in [3.8, 4) is 0 Å². The van der Waals surface area contributed by atoms with E-state index < -0.39 is 10.0 Å². The summed E-state index contributed by atoms with van der Waals surface area (Å²) in [6.45, 7) is 3.69. The van der Waals surface area contributed by atoms with Crippen LogP contribution in [-0.4, -0.2) is 23.9 Å². The van der Waals surface area contributed by atoms with Crippen LogP contribution in [0.4, 0.5) is 11.5 Å². The van der Waals surface area contributed by atoms with Gasteiger partial charge in [-0.05, 0) is 56.5 Å². The normalized spacial score (nSPS) is 16.0. The minimum absolute atomic E-state index is 0.0279. The molecule has 1 aliphatic carbocycles. The lowest BCUT2D eigenvalue weighted by molar-refractivity contribution is 0.558. The molecule has 0 spiro atoms. The Morgan fingerprint density at radius 3 is 2.62 bits per heavy atom. The number of hydrogen-bond acceptors (Lipinski definition) is 5. The molecule has 6 nitrogen and oxygen atoms in total. The third-order valence-electron chi connectivity index (χ3n) is 3.81. The maximum Gasteiger partial charge on any atom is 0.242 e. The quantitative estimate of drug-likeness (QED) is 0.765. The van der Waals surface area contributed by atoms with Gasteiger partial charge in [-0.1, -0.05) is 11.6 Å². The Morgan fingerprint density at radius 2 is 1.96 bits per heavy atom. The van der Waals surface area contributed by atoms with Gasteiger partial charge in [0, 0.05) is 23.0 Å². The first-order valence-corrected chi connectivity index (χ1v) is 9.52. The number of halogens is 2. The van der Waals surface area contributed by atoms with Crippen LogP contribution in [0, 0.1) is 6.92 Å². The van der Waals surface area contributed by atoms with Crippen molar-refractivity contribution < 1.29 is 8.42 Å². The largest absolute Gasteiger partial charge is 0.340 e. The molecule has 1 fully saturated rings. The van der Waals surface area contributed by atoms with E-state index in [4.69, 9.17) is 23.2 Å². The average molecular weight is 387 g/mol. The molecule has 1 aromatic carbocycles. The third-order valence-corrected chi connectivity index (χ3v) is 6.11. The highest BCUT2D eigenvalue weighted by Gasteiger charge is 2.41. The van der Waals surface area contributed by atoms with Crippen molar-refractivity contribution in [1.29, 1.82) is 0 Å². The molecule has 1 aliphatic rings. The Labute approximate surface area is 150 Å². The topological polar surface area (TPSA) is 84.0 Å². The summed E-state index contributed by atoms with van der Waals surface area (Å²) in [5.41, 5.74) is 0.948. The number of nitrogens with one attached hydrogen (secondary N) is 2. The summed E-state index contributed by atoms with van der Waals surface area (Å²) in [5, 5.41) is 3.31. The second kappa shape index (κ2) is 6.15. The first-order chi connectivity index (χ1) is 11.2. The lowest BCUT2D eigenvalue weighted by Gasteiger charge is -2.15. The van der Waals surface area contributed by atoms with Gasteiger partial charge >= 0.3 is 0 Å². The molecular weight excluding hydrogens is 371 g/mol. The van der Waals surface area contributed by atoms with E-state index in [1.807, 2.05) is 13.8 Å². The zero-order valence-electron chi connectivity index (χ0n) is 13.1. The third kappa shape index (κ3) is 3.80. The molecule has 9 heteroatoms. The van der Waals surface area contributed by atoms with Gasteiger partial charge in [-0.15, -0.1) is 0 Å². The van der Waals surface area contributed by atoms with E-state index in [1.54, 1.807) is 12.3 Å². The van der Waals surface area contributed by atoms with Crippen molar-refractivity contribution in [3.63, 3.8) is 0 Å². The molecule has 2 N–H and O–H groups in total. The Bertz CT molecular complexity index is 898. The second-order valence-electron chi connectivity index (χ2n) is 6.11. The fourth-order valence-corrected chi connectivity index (χ4v) is 4.27. The molecular formula is C15H16Cl2N4O2S. The number of nitrogens with zero attached hydrogens (tertiary/aromatic N) is 2. The fourth-order valence-electron chi connectivity index (χ4n) is 2.14. The van der Waals surface area contributed by atoms with Crippen LogP contribution in [0.25, 0.3) is 0 Å². The average Bonchev–Trinajstić information content (AvgIpc) is 3.21. The van der Waals surface area contributed by atoms with Crippen LogP contribution < -0.4 is 10.0 Å². The van der Waals surface area contributed by atoms with Crippen LogP contribution >= 0.6 is 23.2 Å². The number of sulfonamides is 1. The van der Waals surface area contributed by atoms with Gasteiger partial charge in [-0.2, -0.15) is 0 Å². The van der Waals surface area contributed by atoms with E-state index in [-0.39, 0.29) is 20.7 Å². The minimum Gasteiger partial charge on any atom is -0.340 e. The van der Waals surface area contributed by atoms with Crippen molar-refractivity contribution in [1.82, 2.24) is 14.7 Å². The molecule has 3 rings (SSSR count). The smallest absolute Gasteiger partial charge is 0.242 e. The monoisotopic (exact) mass is 386 g/mol. The van der Waals surface area contributed by atoms with Gasteiger partial charge in [-0.3, -0.25) is 0 Å². The summed E-state index contributed by atoms with van der Waals surface area (Å²) in [5.74, 6) is 0.503. The van der Waals surface area contributed by atoms with Gasteiger partial charge in [0.2, 0.25) is 15.3 Å². The predicted molar refractivity (Wildman–Crippen MR) is 94.5 cm³/mol. The van der Waals surface area contributed by atoms with Gasteiger partial charge in [0.1, 0.15) is 10.7 Å². The molecule has 0 saturated heterocycles. The van der Waals surface area contributed by atoms with Gasteiger partial charge < -0.3 is 5.32 Å². The number of aromatic nitrogens is 2. The minimum atomic E-state index is -3.70. The molecule has 1 heterocycles. The van der Waals surface area contributed by atoms with Crippen LogP contribution in [0.2, 0.25) is 10.3 Å². The van der Waals surface area contributed by atoms with E-state index in [1.165, 1.54) is 12.1 Å². The zero-order valence-corrected chi connectivity index (χ0v) is 15.4. The maximum absolute atomic E-state index is 12.6. The predicted octanol–water partition coefficient (Wildman–Crippen LogP) is 3.67. The van der Waals surface area contributed by atoms with E-state index in [2.05, 4.69) is 20.0 Å². The highest BCUT2D eigenvalue weighted by molar-refractivity contribution is 7.89. The maximum atomic E-state index is 12.6. The summed E-state index contributed by atoms with van der Waals surface area (Å²) in [6.07, 6.45) is 3.22. The molecule has 2 aromatic rings. The van der Waals surface area contributed by atoms with Gasteiger partial charge in [0.05, 0.1) is 5.02 Å².